The smallest absolute Gasteiger partial charge is 0.224 e. The molecule has 0 bridgehead atoms. The van der Waals surface area contributed by atoms with Crippen LogP contribution >= 0.6 is 12.2 Å². The van der Waals surface area contributed by atoms with Crippen molar-refractivity contribution in [3.63, 3.8) is 0 Å². The van der Waals surface area contributed by atoms with Gasteiger partial charge < -0.3 is 16.0 Å². The summed E-state index contributed by atoms with van der Waals surface area (Å²) in [5.41, 5.74) is 12.5. The summed E-state index contributed by atoms with van der Waals surface area (Å²) in [5, 5.41) is 4.19. The number of aryl methyl sites for hydroxylation is 2. The van der Waals surface area contributed by atoms with Crippen LogP contribution in [0, 0.1) is 11.7 Å². The molecule has 6 nitrogen and oxygen atoms in total. The van der Waals surface area contributed by atoms with Crippen LogP contribution in [0.4, 0.5) is 11.5 Å². The highest BCUT2D eigenvalue weighted by Crippen LogP contribution is 2.19. The zero-order valence-corrected chi connectivity index (χ0v) is 8.67. The van der Waals surface area contributed by atoms with Crippen LogP contribution in [0.1, 0.15) is 5.82 Å². The van der Waals surface area contributed by atoms with Gasteiger partial charge in [-0.3, -0.25) is 0 Å². The maximum Gasteiger partial charge on any atom is 0.224 e. The van der Waals surface area contributed by atoms with E-state index in [0.717, 1.165) is 5.82 Å². The van der Waals surface area contributed by atoms with E-state index in [1.165, 1.54) is 4.52 Å². The topological polar surface area (TPSA) is 87.2 Å². The third-order valence-electron chi connectivity index (χ3n) is 2.16. The zero-order chi connectivity index (χ0) is 10.5. The minimum absolute atomic E-state index is 0.248. The number of nitrogen functional groups attached to an aromatic ring is 2. The first-order valence-corrected chi connectivity index (χ1v) is 4.40. The van der Waals surface area contributed by atoms with Gasteiger partial charge in [-0.25, -0.2) is 0 Å². The van der Waals surface area contributed by atoms with E-state index in [1.807, 2.05) is 18.5 Å². The largest absolute Gasteiger partial charge is 0.393 e. The maximum atomic E-state index is 5.79. The van der Waals surface area contributed by atoms with Crippen LogP contribution < -0.4 is 11.5 Å². The van der Waals surface area contributed by atoms with E-state index in [9.17, 15) is 0 Å². The lowest BCUT2D eigenvalue weighted by Gasteiger charge is -2.02. The molecule has 4 N–H and O–H groups in total. The van der Waals surface area contributed by atoms with Gasteiger partial charge in [-0.05, 0) is 19.1 Å². The Balaban J connectivity index is 3.11. The summed E-state index contributed by atoms with van der Waals surface area (Å²) < 4.78 is 3.65. The average molecular weight is 210 g/mol. The van der Waals surface area contributed by atoms with Crippen molar-refractivity contribution in [1.29, 1.82) is 0 Å². The molecule has 0 radical (unpaired) electrons. The van der Waals surface area contributed by atoms with E-state index >= 15 is 0 Å². The summed E-state index contributed by atoms with van der Waals surface area (Å²) in [6.45, 7) is 1.86. The number of fused-ring (bicyclic) bond motifs is 1. The molecule has 0 saturated carbocycles. The van der Waals surface area contributed by atoms with Crippen molar-refractivity contribution in [3.05, 3.63) is 10.6 Å². The summed E-state index contributed by atoms with van der Waals surface area (Å²) in [6.07, 6.45) is 0. The Labute approximate surface area is 85.2 Å². The van der Waals surface area contributed by atoms with Crippen LogP contribution in [0.15, 0.2) is 0 Å². The third-order valence-corrected chi connectivity index (χ3v) is 2.43. The van der Waals surface area contributed by atoms with Crippen molar-refractivity contribution in [3.8, 4) is 0 Å². The quantitative estimate of drug-likeness (QED) is 0.609. The van der Waals surface area contributed by atoms with E-state index < -0.39 is 0 Å². The molecule has 0 aliphatic heterocycles. The van der Waals surface area contributed by atoms with E-state index in [4.69, 9.17) is 23.7 Å². The van der Waals surface area contributed by atoms with E-state index in [0.29, 0.717) is 16.1 Å². The molecule has 14 heavy (non-hydrogen) atoms. The number of aromatic nitrogens is 4. The second kappa shape index (κ2) is 2.68. The third kappa shape index (κ3) is 0.987. The van der Waals surface area contributed by atoms with Crippen molar-refractivity contribution in [2.24, 2.45) is 7.05 Å². The minimum atomic E-state index is 0.248. The number of hydrogen-bond acceptors (Lipinski definition) is 5. The van der Waals surface area contributed by atoms with Crippen LogP contribution in [0.25, 0.3) is 5.65 Å². The molecule has 0 aliphatic rings. The fourth-order valence-electron chi connectivity index (χ4n) is 1.31. The molecule has 0 atom stereocenters. The van der Waals surface area contributed by atoms with Crippen LogP contribution in [-0.2, 0) is 7.05 Å². The SMILES string of the molecule is Cc1nn2c(=S)nc(N)c(N)c2n1C. The summed E-state index contributed by atoms with van der Waals surface area (Å²) in [5.74, 6) is 1.05. The highest BCUT2D eigenvalue weighted by atomic mass is 32.1. The molecule has 0 amide bonds. The van der Waals surface area contributed by atoms with Crippen LogP contribution in [0.5, 0.6) is 0 Å². The lowest BCUT2D eigenvalue weighted by molar-refractivity contribution is 0.865. The average Bonchev–Trinajstić information content (AvgIpc) is 2.41. The van der Waals surface area contributed by atoms with Gasteiger partial charge in [0.05, 0.1) is 0 Å². The molecular weight excluding hydrogens is 200 g/mol. The van der Waals surface area contributed by atoms with Gasteiger partial charge in [0, 0.05) is 7.05 Å². The highest BCUT2D eigenvalue weighted by molar-refractivity contribution is 7.71. The predicted octanol–water partition coefficient (Wildman–Crippen LogP) is 0.270. The van der Waals surface area contributed by atoms with E-state index in [2.05, 4.69) is 10.1 Å². The maximum absolute atomic E-state index is 5.79. The van der Waals surface area contributed by atoms with Gasteiger partial charge in [-0.2, -0.15) is 14.6 Å². The summed E-state index contributed by atoms with van der Waals surface area (Å²) in [4.78, 5) is 3.91. The van der Waals surface area contributed by atoms with Crippen molar-refractivity contribution in [1.82, 2.24) is 19.2 Å². The second-order valence-electron chi connectivity index (χ2n) is 3.03. The monoisotopic (exact) mass is 210 g/mol. The van der Waals surface area contributed by atoms with Gasteiger partial charge in [0.1, 0.15) is 11.5 Å². The molecule has 74 valence electrons. The van der Waals surface area contributed by atoms with Crippen LogP contribution in [0.2, 0.25) is 0 Å². The Kier molecular flexibility index (Phi) is 1.71. The molecular formula is C7H10N6S. The van der Waals surface area contributed by atoms with Crippen molar-refractivity contribution in [2.45, 2.75) is 6.92 Å². The first-order chi connectivity index (χ1) is 6.52. The molecule has 0 saturated heterocycles. The predicted molar refractivity (Wildman–Crippen MR) is 56.4 cm³/mol. The second-order valence-corrected chi connectivity index (χ2v) is 3.40. The summed E-state index contributed by atoms with van der Waals surface area (Å²) in [6, 6.07) is 0. The van der Waals surface area contributed by atoms with Gasteiger partial charge in [0.15, 0.2) is 11.5 Å². The Morgan fingerprint density at radius 2 is 2.00 bits per heavy atom. The number of anilines is 2. The fourth-order valence-corrected chi connectivity index (χ4v) is 1.53. The Bertz CT molecular complexity index is 566. The molecule has 0 aliphatic carbocycles. The molecule has 0 fully saturated rings. The van der Waals surface area contributed by atoms with Gasteiger partial charge in [-0.15, -0.1) is 0 Å². The minimum Gasteiger partial charge on any atom is -0.393 e. The van der Waals surface area contributed by atoms with Crippen LogP contribution in [0.3, 0.4) is 0 Å². The Morgan fingerprint density at radius 3 is 2.64 bits per heavy atom. The Hall–Kier alpha value is -1.63. The number of hydrogen-bond donors (Lipinski definition) is 2. The lowest BCUT2D eigenvalue weighted by Crippen LogP contribution is -2.06. The van der Waals surface area contributed by atoms with E-state index in [-0.39, 0.29) is 5.82 Å². The molecule has 0 aromatic carbocycles. The van der Waals surface area contributed by atoms with Gasteiger partial charge >= 0.3 is 0 Å². The summed E-state index contributed by atoms with van der Waals surface area (Å²) >= 11 is 5.01. The number of nitrogens with two attached hydrogens (primary N) is 2. The molecule has 2 heterocycles. The molecule has 2 aromatic rings. The van der Waals surface area contributed by atoms with Gasteiger partial charge in [-0.1, -0.05) is 0 Å². The van der Waals surface area contributed by atoms with Crippen molar-refractivity contribution >= 4 is 29.4 Å². The molecule has 7 heteroatoms. The fraction of sp³-hybridized carbons (Fsp3) is 0.286. The molecule has 0 unspecified atom stereocenters. The first kappa shape index (κ1) is 8.95. The zero-order valence-electron chi connectivity index (χ0n) is 7.85. The lowest BCUT2D eigenvalue weighted by atomic mass is 10.4. The number of rotatable bonds is 0. The van der Waals surface area contributed by atoms with E-state index in [1.54, 1.807) is 0 Å². The first-order valence-electron chi connectivity index (χ1n) is 3.99. The van der Waals surface area contributed by atoms with Gasteiger partial charge in [0.25, 0.3) is 0 Å². The summed E-state index contributed by atoms with van der Waals surface area (Å²) in [7, 11) is 1.85. The molecule has 2 rings (SSSR count). The Morgan fingerprint density at radius 1 is 1.36 bits per heavy atom. The molecule has 2 aromatic heterocycles. The number of nitrogens with zero attached hydrogens (tertiary/aromatic N) is 4. The van der Waals surface area contributed by atoms with Gasteiger partial charge in [0.2, 0.25) is 4.77 Å². The normalized spacial score (nSPS) is 11.0. The standard InChI is InChI=1S/C7H10N6S/c1-3-11-13-6(12(3)2)4(8)5(9)10-7(13)14/h8H2,1-2H3,(H2,9,10,14). The van der Waals surface area contributed by atoms with Crippen molar-refractivity contribution in [2.75, 3.05) is 11.5 Å². The molecule has 0 spiro atoms. The highest BCUT2D eigenvalue weighted by Gasteiger charge is 2.11. The van der Waals surface area contributed by atoms with Crippen molar-refractivity contribution < 1.29 is 0 Å². The van der Waals surface area contributed by atoms with Crippen LogP contribution in [-0.4, -0.2) is 19.2 Å².